The Bertz CT molecular complexity index is 709. The standard InChI is InChI=1S/C19H21NO3/c1-12(13-3-7-16(23-2)8-4-13)20-18-10-6-14-11-15(19(21)22)5-9-17(14)18/h3-5,7-9,11-12,18,20H,6,10H2,1-2H3,(H,21,22)/t12-,18-/m0/s1. The summed E-state index contributed by atoms with van der Waals surface area (Å²) >= 11 is 0. The Kier molecular flexibility index (Phi) is 4.35. The molecule has 0 amide bonds. The Labute approximate surface area is 136 Å². The van der Waals surface area contributed by atoms with Crippen molar-refractivity contribution in [2.75, 3.05) is 7.11 Å². The van der Waals surface area contributed by atoms with Crippen LogP contribution in [0.25, 0.3) is 0 Å². The molecule has 0 saturated carbocycles. The SMILES string of the molecule is COc1ccc([C@H](C)N[C@H]2CCc3cc(C(=O)O)ccc32)cc1. The number of hydrogen-bond acceptors (Lipinski definition) is 3. The number of nitrogens with one attached hydrogen (secondary N) is 1. The molecule has 0 aliphatic heterocycles. The number of hydrogen-bond donors (Lipinski definition) is 2. The van der Waals surface area contributed by atoms with Crippen LogP contribution in [-0.2, 0) is 6.42 Å². The Morgan fingerprint density at radius 3 is 2.65 bits per heavy atom. The monoisotopic (exact) mass is 311 g/mol. The van der Waals surface area contributed by atoms with Gasteiger partial charge in [-0.15, -0.1) is 0 Å². The minimum Gasteiger partial charge on any atom is -0.497 e. The van der Waals surface area contributed by atoms with Crippen LogP contribution in [0.5, 0.6) is 5.75 Å². The third-order valence-corrected chi connectivity index (χ3v) is 4.53. The van der Waals surface area contributed by atoms with Crippen molar-refractivity contribution in [2.45, 2.75) is 31.8 Å². The number of ether oxygens (including phenoxy) is 1. The lowest BCUT2D eigenvalue weighted by atomic mass is 10.0. The molecule has 2 N–H and O–H groups in total. The number of fused-ring (bicyclic) bond motifs is 1. The lowest BCUT2D eigenvalue weighted by Gasteiger charge is -2.21. The van der Waals surface area contributed by atoms with Gasteiger partial charge in [0.1, 0.15) is 5.75 Å². The molecule has 0 heterocycles. The second-order valence-electron chi connectivity index (χ2n) is 5.97. The van der Waals surface area contributed by atoms with E-state index in [9.17, 15) is 4.79 Å². The number of aromatic carboxylic acids is 1. The van der Waals surface area contributed by atoms with E-state index in [4.69, 9.17) is 9.84 Å². The lowest BCUT2D eigenvalue weighted by Crippen LogP contribution is -2.23. The molecule has 0 saturated heterocycles. The smallest absolute Gasteiger partial charge is 0.335 e. The van der Waals surface area contributed by atoms with Crippen molar-refractivity contribution >= 4 is 5.97 Å². The summed E-state index contributed by atoms with van der Waals surface area (Å²) in [6.07, 6.45) is 1.92. The first-order valence-corrected chi connectivity index (χ1v) is 7.84. The highest BCUT2D eigenvalue weighted by Crippen LogP contribution is 2.33. The van der Waals surface area contributed by atoms with Gasteiger partial charge >= 0.3 is 5.97 Å². The molecule has 3 rings (SSSR count). The number of carbonyl (C=O) groups is 1. The number of carboxylic acids is 1. The van der Waals surface area contributed by atoms with Gasteiger partial charge in [-0.05, 0) is 60.7 Å². The van der Waals surface area contributed by atoms with Crippen LogP contribution in [0.15, 0.2) is 42.5 Å². The van der Waals surface area contributed by atoms with Gasteiger partial charge < -0.3 is 15.2 Å². The van der Waals surface area contributed by atoms with Gasteiger partial charge in [0.15, 0.2) is 0 Å². The van der Waals surface area contributed by atoms with E-state index >= 15 is 0 Å². The van der Waals surface area contributed by atoms with Gasteiger partial charge in [-0.2, -0.15) is 0 Å². The molecule has 2 aromatic rings. The van der Waals surface area contributed by atoms with Gasteiger partial charge in [0.2, 0.25) is 0 Å². The Morgan fingerprint density at radius 2 is 2.00 bits per heavy atom. The molecule has 4 heteroatoms. The van der Waals surface area contributed by atoms with Crippen LogP contribution in [0.4, 0.5) is 0 Å². The van der Waals surface area contributed by atoms with Crippen LogP contribution in [0.2, 0.25) is 0 Å². The summed E-state index contributed by atoms with van der Waals surface area (Å²) < 4.78 is 5.19. The number of carboxylic acid groups (broad SMARTS) is 1. The van der Waals surface area contributed by atoms with Gasteiger partial charge in [-0.1, -0.05) is 18.2 Å². The van der Waals surface area contributed by atoms with E-state index in [0.717, 1.165) is 24.2 Å². The first kappa shape index (κ1) is 15.6. The van der Waals surface area contributed by atoms with Crippen LogP contribution in [0.1, 0.15) is 52.5 Å². The molecule has 2 atom stereocenters. The van der Waals surface area contributed by atoms with Gasteiger partial charge in [0.25, 0.3) is 0 Å². The predicted octanol–water partition coefficient (Wildman–Crippen LogP) is 3.73. The highest BCUT2D eigenvalue weighted by atomic mass is 16.5. The zero-order valence-electron chi connectivity index (χ0n) is 13.4. The van der Waals surface area contributed by atoms with Gasteiger partial charge in [-0.25, -0.2) is 4.79 Å². The minimum atomic E-state index is -0.865. The average molecular weight is 311 g/mol. The van der Waals surface area contributed by atoms with Crippen LogP contribution in [0.3, 0.4) is 0 Å². The first-order chi connectivity index (χ1) is 11.1. The Morgan fingerprint density at radius 1 is 1.26 bits per heavy atom. The largest absolute Gasteiger partial charge is 0.497 e. The summed E-state index contributed by atoms with van der Waals surface area (Å²) in [6, 6.07) is 14.0. The lowest BCUT2D eigenvalue weighted by molar-refractivity contribution is 0.0696. The summed E-state index contributed by atoms with van der Waals surface area (Å²) in [4.78, 5) is 11.1. The Hall–Kier alpha value is -2.33. The van der Waals surface area contributed by atoms with E-state index in [-0.39, 0.29) is 12.1 Å². The molecule has 0 bridgehead atoms. The third kappa shape index (κ3) is 3.22. The molecular weight excluding hydrogens is 290 g/mol. The van der Waals surface area contributed by atoms with E-state index in [1.54, 1.807) is 19.2 Å². The van der Waals surface area contributed by atoms with Crippen molar-refractivity contribution in [3.63, 3.8) is 0 Å². The average Bonchev–Trinajstić information content (AvgIpc) is 2.97. The summed E-state index contributed by atoms with van der Waals surface area (Å²) in [6.45, 7) is 2.14. The van der Waals surface area contributed by atoms with Gasteiger partial charge in [-0.3, -0.25) is 0 Å². The predicted molar refractivity (Wildman–Crippen MR) is 89.0 cm³/mol. The quantitative estimate of drug-likeness (QED) is 0.883. The highest BCUT2D eigenvalue weighted by Gasteiger charge is 2.24. The molecule has 2 aromatic carbocycles. The molecule has 4 nitrogen and oxygen atoms in total. The maximum atomic E-state index is 11.1. The van der Waals surface area contributed by atoms with Crippen LogP contribution in [0, 0.1) is 0 Å². The number of rotatable bonds is 5. The fourth-order valence-electron chi connectivity index (χ4n) is 3.21. The van der Waals surface area contributed by atoms with Crippen molar-refractivity contribution < 1.29 is 14.6 Å². The van der Waals surface area contributed by atoms with Crippen molar-refractivity contribution in [3.8, 4) is 5.75 Å². The molecule has 1 aliphatic rings. The Balaban J connectivity index is 1.73. The van der Waals surface area contributed by atoms with Crippen molar-refractivity contribution in [3.05, 3.63) is 64.7 Å². The number of benzene rings is 2. The zero-order chi connectivity index (χ0) is 16.4. The van der Waals surface area contributed by atoms with E-state index < -0.39 is 5.97 Å². The molecule has 1 aliphatic carbocycles. The number of methoxy groups -OCH3 is 1. The molecule has 0 spiro atoms. The molecule has 23 heavy (non-hydrogen) atoms. The third-order valence-electron chi connectivity index (χ3n) is 4.53. The second-order valence-corrected chi connectivity index (χ2v) is 5.97. The molecule has 0 radical (unpaired) electrons. The summed E-state index contributed by atoms with van der Waals surface area (Å²) in [5.74, 6) is -0.0100. The van der Waals surface area contributed by atoms with Crippen LogP contribution < -0.4 is 10.1 Å². The van der Waals surface area contributed by atoms with E-state index in [2.05, 4.69) is 24.4 Å². The maximum absolute atomic E-state index is 11.1. The number of aryl methyl sites for hydroxylation is 1. The molecule has 0 aromatic heterocycles. The first-order valence-electron chi connectivity index (χ1n) is 7.84. The maximum Gasteiger partial charge on any atom is 0.335 e. The molecule has 0 unspecified atom stereocenters. The van der Waals surface area contributed by atoms with Gasteiger partial charge in [0.05, 0.1) is 12.7 Å². The highest BCUT2D eigenvalue weighted by molar-refractivity contribution is 5.88. The normalized spacial score (nSPS) is 17.6. The molecule has 0 fully saturated rings. The minimum absolute atomic E-state index is 0.219. The zero-order valence-corrected chi connectivity index (χ0v) is 13.4. The van der Waals surface area contributed by atoms with Crippen LogP contribution in [-0.4, -0.2) is 18.2 Å². The van der Waals surface area contributed by atoms with E-state index in [1.807, 2.05) is 18.2 Å². The van der Waals surface area contributed by atoms with Crippen molar-refractivity contribution in [2.24, 2.45) is 0 Å². The second kappa shape index (κ2) is 6.42. The summed E-state index contributed by atoms with van der Waals surface area (Å²) in [7, 11) is 1.66. The molecular formula is C19H21NO3. The fraction of sp³-hybridized carbons (Fsp3) is 0.316. The topological polar surface area (TPSA) is 58.6 Å². The van der Waals surface area contributed by atoms with Crippen molar-refractivity contribution in [1.82, 2.24) is 5.32 Å². The van der Waals surface area contributed by atoms with E-state index in [1.165, 1.54) is 11.1 Å². The van der Waals surface area contributed by atoms with Gasteiger partial charge in [0, 0.05) is 12.1 Å². The van der Waals surface area contributed by atoms with Crippen molar-refractivity contribution in [1.29, 1.82) is 0 Å². The van der Waals surface area contributed by atoms with Crippen LogP contribution >= 0.6 is 0 Å². The van der Waals surface area contributed by atoms with E-state index in [0.29, 0.717) is 5.56 Å². The summed E-state index contributed by atoms with van der Waals surface area (Å²) in [5, 5.41) is 12.7. The summed E-state index contributed by atoms with van der Waals surface area (Å²) in [5.41, 5.74) is 3.94. The molecule has 120 valence electrons. The fourth-order valence-corrected chi connectivity index (χ4v) is 3.21.